The fourth-order valence-corrected chi connectivity index (χ4v) is 5.61. The Kier molecular flexibility index (Phi) is 7.29. The average molecular weight is 573 g/mol. The molecule has 3 heterocycles. The van der Waals surface area contributed by atoms with Gasteiger partial charge in [-0.25, -0.2) is 18.7 Å². The van der Waals surface area contributed by atoms with Crippen LogP contribution in [0, 0.1) is 11.6 Å². The standard InChI is InChI=1S/C30H26F2N6O2S/c1-36-13-15-37(16-14-36)20-8-6-19(7-9-20)21-10-11-24-25(26(21)32)29(40)38(18-34-24)27(22-4-2-3-5-23(22)31)28(39)35-30-33-12-17-41-30/h2-12,17-18,27H,13-16H2,1H3,(H,33,35,39). The molecule has 1 amide bonds. The lowest BCUT2D eigenvalue weighted by Crippen LogP contribution is -2.44. The summed E-state index contributed by atoms with van der Waals surface area (Å²) in [5.74, 6) is -2.15. The maximum absolute atomic E-state index is 16.1. The quantitative estimate of drug-likeness (QED) is 0.316. The molecule has 6 rings (SSSR count). The molecule has 1 aliphatic rings. The van der Waals surface area contributed by atoms with Gasteiger partial charge in [-0.15, -0.1) is 11.3 Å². The fourth-order valence-electron chi connectivity index (χ4n) is 5.08. The summed E-state index contributed by atoms with van der Waals surface area (Å²) in [4.78, 5) is 40.1. The molecule has 0 radical (unpaired) electrons. The van der Waals surface area contributed by atoms with Crippen LogP contribution in [0.2, 0.25) is 0 Å². The van der Waals surface area contributed by atoms with Gasteiger partial charge in [-0.3, -0.25) is 19.5 Å². The van der Waals surface area contributed by atoms with Crippen LogP contribution in [0.5, 0.6) is 0 Å². The lowest BCUT2D eigenvalue weighted by atomic mass is 10.0. The first kappa shape index (κ1) is 26.7. The van der Waals surface area contributed by atoms with Gasteiger partial charge in [-0.1, -0.05) is 30.3 Å². The molecule has 1 N–H and O–H groups in total. The molecule has 1 unspecified atom stereocenters. The predicted octanol–water partition coefficient (Wildman–Crippen LogP) is 4.78. The van der Waals surface area contributed by atoms with Gasteiger partial charge in [0.1, 0.15) is 23.1 Å². The smallest absolute Gasteiger partial charge is 0.265 e. The number of piperazine rings is 1. The Labute approximate surface area is 238 Å². The van der Waals surface area contributed by atoms with Crippen LogP contribution in [-0.2, 0) is 4.79 Å². The zero-order chi connectivity index (χ0) is 28.5. The molecule has 0 bridgehead atoms. The molecule has 3 aromatic carbocycles. The van der Waals surface area contributed by atoms with E-state index in [2.05, 4.69) is 32.1 Å². The summed E-state index contributed by atoms with van der Waals surface area (Å²) in [6, 6.07) is 14.9. The van der Waals surface area contributed by atoms with Crippen molar-refractivity contribution in [1.82, 2.24) is 19.4 Å². The van der Waals surface area contributed by atoms with Crippen LogP contribution in [0.3, 0.4) is 0 Å². The Bertz CT molecular complexity index is 1770. The van der Waals surface area contributed by atoms with Gasteiger partial charge in [0, 0.05) is 54.6 Å². The monoisotopic (exact) mass is 572 g/mol. The molecule has 0 aliphatic carbocycles. The summed E-state index contributed by atoms with van der Waals surface area (Å²) in [5, 5.41) is 4.30. The number of carbonyl (C=O) groups is 1. The Hall–Kier alpha value is -4.48. The van der Waals surface area contributed by atoms with Crippen LogP contribution < -0.4 is 15.8 Å². The van der Waals surface area contributed by atoms with Crippen molar-refractivity contribution in [3.05, 3.63) is 106 Å². The largest absolute Gasteiger partial charge is 0.369 e. The van der Waals surface area contributed by atoms with Crippen molar-refractivity contribution in [3.63, 3.8) is 0 Å². The first-order chi connectivity index (χ1) is 19.9. The molecule has 41 heavy (non-hydrogen) atoms. The number of rotatable bonds is 6. The highest BCUT2D eigenvalue weighted by atomic mass is 32.1. The lowest BCUT2D eigenvalue weighted by Gasteiger charge is -2.34. The van der Waals surface area contributed by atoms with Crippen molar-refractivity contribution in [3.8, 4) is 11.1 Å². The van der Waals surface area contributed by atoms with Crippen molar-refractivity contribution in [2.45, 2.75) is 6.04 Å². The maximum atomic E-state index is 16.1. The van der Waals surface area contributed by atoms with Crippen LogP contribution in [0.1, 0.15) is 11.6 Å². The summed E-state index contributed by atoms with van der Waals surface area (Å²) in [7, 11) is 2.09. The molecular weight excluding hydrogens is 546 g/mol. The normalized spacial score (nSPS) is 14.8. The Morgan fingerprint density at radius 3 is 2.44 bits per heavy atom. The molecule has 2 aromatic heterocycles. The summed E-state index contributed by atoms with van der Waals surface area (Å²) in [5.41, 5.74) is 1.16. The number of aromatic nitrogens is 3. The van der Waals surface area contributed by atoms with E-state index in [9.17, 15) is 14.0 Å². The number of hydrogen-bond donors (Lipinski definition) is 1. The van der Waals surface area contributed by atoms with Gasteiger partial charge >= 0.3 is 0 Å². The molecule has 0 spiro atoms. The highest BCUT2D eigenvalue weighted by Crippen LogP contribution is 2.30. The highest BCUT2D eigenvalue weighted by Gasteiger charge is 2.29. The van der Waals surface area contributed by atoms with E-state index in [1.54, 1.807) is 23.6 Å². The number of likely N-dealkylation sites (N-methyl/N-ethyl adjacent to an activating group) is 1. The molecule has 208 valence electrons. The predicted molar refractivity (Wildman–Crippen MR) is 156 cm³/mol. The maximum Gasteiger partial charge on any atom is 0.265 e. The minimum absolute atomic E-state index is 0.0548. The zero-order valence-electron chi connectivity index (χ0n) is 22.1. The number of amides is 1. The van der Waals surface area contributed by atoms with E-state index < -0.39 is 29.1 Å². The number of carbonyl (C=O) groups excluding carboxylic acids is 1. The van der Waals surface area contributed by atoms with Gasteiger partial charge in [-0.2, -0.15) is 0 Å². The number of nitrogens with zero attached hydrogens (tertiary/aromatic N) is 5. The Morgan fingerprint density at radius 1 is 0.976 bits per heavy atom. The van der Waals surface area contributed by atoms with Gasteiger partial charge < -0.3 is 9.80 Å². The topological polar surface area (TPSA) is 83.4 Å². The van der Waals surface area contributed by atoms with Crippen LogP contribution in [-0.4, -0.2) is 58.6 Å². The summed E-state index contributed by atoms with van der Waals surface area (Å²) in [6.07, 6.45) is 2.66. The van der Waals surface area contributed by atoms with Crippen LogP contribution >= 0.6 is 11.3 Å². The van der Waals surface area contributed by atoms with E-state index in [4.69, 9.17) is 0 Å². The Morgan fingerprint density at radius 2 is 1.73 bits per heavy atom. The second-order valence-electron chi connectivity index (χ2n) is 9.87. The van der Waals surface area contributed by atoms with E-state index in [1.165, 1.54) is 35.7 Å². The third-order valence-corrected chi connectivity index (χ3v) is 8.01. The SMILES string of the molecule is CN1CCN(c2ccc(-c3ccc4ncn(C(C(=O)Nc5nccs5)c5ccccc5F)c(=O)c4c3F)cc2)CC1. The molecule has 11 heteroatoms. The van der Waals surface area contributed by atoms with E-state index in [1.807, 2.05) is 24.3 Å². The number of benzene rings is 3. The number of thiazole rings is 1. The average Bonchev–Trinajstić information content (AvgIpc) is 3.49. The summed E-state index contributed by atoms with van der Waals surface area (Å²) < 4.78 is 32.0. The second kappa shape index (κ2) is 11.2. The zero-order valence-corrected chi connectivity index (χ0v) is 22.9. The third kappa shape index (κ3) is 5.21. The minimum Gasteiger partial charge on any atom is -0.369 e. The first-order valence-corrected chi connectivity index (χ1v) is 14.0. The van der Waals surface area contributed by atoms with Crippen LogP contribution in [0.15, 0.2) is 83.4 Å². The Balaban J connectivity index is 1.41. The second-order valence-corrected chi connectivity index (χ2v) is 10.8. The lowest BCUT2D eigenvalue weighted by molar-refractivity contribution is -0.118. The van der Waals surface area contributed by atoms with Gasteiger partial charge in [0.2, 0.25) is 0 Å². The molecule has 1 atom stereocenters. The van der Waals surface area contributed by atoms with Crippen molar-refractivity contribution in [1.29, 1.82) is 0 Å². The molecule has 1 aliphatic heterocycles. The number of fused-ring (bicyclic) bond motifs is 1. The van der Waals surface area contributed by atoms with E-state index in [0.717, 1.165) is 42.8 Å². The molecule has 1 saturated heterocycles. The highest BCUT2D eigenvalue weighted by molar-refractivity contribution is 7.13. The molecule has 1 fully saturated rings. The number of halogens is 2. The van der Waals surface area contributed by atoms with Gasteiger partial charge in [0.15, 0.2) is 5.13 Å². The third-order valence-electron chi connectivity index (χ3n) is 7.33. The molecule has 8 nitrogen and oxygen atoms in total. The summed E-state index contributed by atoms with van der Waals surface area (Å²) >= 11 is 1.18. The molecule has 0 saturated carbocycles. The van der Waals surface area contributed by atoms with Crippen LogP contribution in [0.25, 0.3) is 22.0 Å². The van der Waals surface area contributed by atoms with E-state index in [-0.39, 0.29) is 27.2 Å². The van der Waals surface area contributed by atoms with Gasteiger partial charge in [0.25, 0.3) is 11.5 Å². The van der Waals surface area contributed by atoms with E-state index >= 15 is 4.39 Å². The number of nitrogens with one attached hydrogen (secondary N) is 1. The number of hydrogen-bond acceptors (Lipinski definition) is 7. The van der Waals surface area contributed by atoms with Crippen LogP contribution in [0.4, 0.5) is 19.6 Å². The van der Waals surface area contributed by atoms with E-state index in [0.29, 0.717) is 5.56 Å². The molecule has 5 aromatic rings. The van der Waals surface area contributed by atoms with Crippen molar-refractivity contribution in [2.75, 3.05) is 43.4 Å². The first-order valence-electron chi connectivity index (χ1n) is 13.1. The van der Waals surface area contributed by atoms with Crippen molar-refractivity contribution >= 4 is 39.0 Å². The molecular formula is C30H26F2N6O2S. The van der Waals surface area contributed by atoms with Crippen molar-refractivity contribution in [2.24, 2.45) is 0 Å². The summed E-state index contributed by atoms with van der Waals surface area (Å²) in [6.45, 7) is 3.75. The van der Waals surface area contributed by atoms with Crippen molar-refractivity contribution < 1.29 is 13.6 Å². The minimum atomic E-state index is -1.45. The number of anilines is 2. The van der Waals surface area contributed by atoms with Gasteiger partial charge in [-0.05, 0) is 42.9 Å². The van der Waals surface area contributed by atoms with Gasteiger partial charge in [0.05, 0.1) is 11.8 Å². The fraction of sp³-hybridized carbons (Fsp3) is 0.200.